The summed E-state index contributed by atoms with van der Waals surface area (Å²) in [6.07, 6.45) is 0. The van der Waals surface area contributed by atoms with Crippen molar-refractivity contribution in [3.8, 4) is 5.75 Å². The molecule has 2 rings (SSSR count). The van der Waals surface area contributed by atoms with Gasteiger partial charge in [-0.3, -0.25) is 8.51 Å². The highest BCUT2D eigenvalue weighted by Gasteiger charge is 2.18. The molecule has 1 aromatic carbocycles. The van der Waals surface area contributed by atoms with Gasteiger partial charge in [0.25, 0.3) is 0 Å². The van der Waals surface area contributed by atoms with Gasteiger partial charge in [0, 0.05) is 6.07 Å². The van der Waals surface area contributed by atoms with Gasteiger partial charge in [-0.15, -0.1) is 11.3 Å². The van der Waals surface area contributed by atoms with Crippen LogP contribution in [0.2, 0.25) is 9.36 Å². The van der Waals surface area contributed by atoms with Crippen molar-refractivity contribution in [2.45, 2.75) is 0 Å². The highest BCUT2D eigenvalue weighted by atomic mass is 35.5. The highest BCUT2D eigenvalue weighted by molar-refractivity contribution is 7.81. The Kier molecular flexibility index (Phi) is 5.30. The highest BCUT2D eigenvalue weighted by Crippen LogP contribution is 2.41. The van der Waals surface area contributed by atoms with Gasteiger partial charge in [-0.2, -0.15) is 0 Å². The van der Waals surface area contributed by atoms with E-state index < -0.39 is 23.0 Å². The van der Waals surface area contributed by atoms with Gasteiger partial charge in [0.1, 0.15) is 20.7 Å². The molecule has 2 aromatic rings. The lowest BCUT2D eigenvalue weighted by atomic mass is 10.2. The number of carbonyl (C=O) groups is 1. The van der Waals surface area contributed by atoms with Crippen molar-refractivity contribution in [2.24, 2.45) is 0 Å². The van der Waals surface area contributed by atoms with Crippen LogP contribution in [0.25, 0.3) is 0 Å². The molecule has 22 heavy (non-hydrogen) atoms. The smallest absolute Gasteiger partial charge is 0.341 e. The van der Waals surface area contributed by atoms with Gasteiger partial charge in [-0.25, -0.2) is 4.79 Å². The minimum Gasteiger partial charge on any atom is -0.755 e. The van der Waals surface area contributed by atoms with Crippen LogP contribution in [0, 0.1) is 0 Å². The molecular formula is C12H8Cl2NO5S2-. The number of aromatic hydroxyl groups is 1. The maximum atomic E-state index is 11.5. The number of carbonyl (C=O) groups excluding carboxylic acids is 1. The number of hydrogen-bond donors (Lipinski definition) is 1. The second-order valence-electron chi connectivity index (χ2n) is 3.91. The SMILES string of the molecule is COC(=O)c1ccc(N(c2cc(Cl)c(Cl)s2)S(=O)[O-])cc1O. The standard InChI is InChI=1S/C12H9Cl2NO5S2/c1-20-12(17)7-3-2-6(4-9(7)16)15(22(18)19)10-5-8(13)11(14)21-10/h2-5,16H,1H3,(H,18,19)/p-1. The zero-order valence-corrected chi connectivity index (χ0v) is 14.1. The largest absolute Gasteiger partial charge is 0.755 e. The monoisotopic (exact) mass is 380 g/mol. The molecule has 0 saturated heterocycles. The Morgan fingerprint density at radius 3 is 2.55 bits per heavy atom. The second kappa shape index (κ2) is 6.84. The molecule has 1 atom stereocenters. The maximum absolute atomic E-state index is 11.5. The minimum absolute atomic E-state index is 0.0786. The quantitative estimate of drug-likeness (QED) is 0.647. The summed E-state index contributed by atoms with van der Waals surface area (Å²) in [5.41, 5.74) is 0.0400. The van der Waals surface area contributed by atoms with Crippen molar-refractivity contribution < 1.29 is 23.4 Å². The van der Waals surface area contributed by atoms with Crippen LogP contribution in [0.3, 0.4) is 0 Å². The fourth-order valence-corrected chi connectivity index (χ4v) is 3.71. The van der Waals surface area contributed by atoms with Crippen molar-refractivity contribution in [1.82, 2.24) is 0 Å². The first-order valence-corrected chi connectivity index (χ1v) is 8.21. The van der Waals surface area contributed by atoms with Crippen LogP contribution in [0.5, 0.6) is 5.75 Å². The third kappa shape index (κ3) is 3.36. The third-order valence-corrected chi connectivity index (χ3v) is 5.27. The van der Waals surface area contributed by atoms with Crippen LogP contribution in [0.4, 0.5) is 10.7 Å². The predicted octanol–water partition coefficient (Wildman–Crippen LogP) is 3.48. The van der Waals surface area contributed by atoms with E-state index in [1.165, 1.54) is 25.3 Å². The van der Waals surface area contributed by atoms with E-state index in [0.29, 0.717) is 0 Å². The number of phenolic OH excluding ortho intramolecular Hbond substituents is 1. The summed E-state index contributed by atoms with van der Waals surface area (Å²) in [4.78, 5) is 11.4. The molecule has 1 N–H and O–H groups in total. The summed E-state index contributed by atoms with van der Waals surface area (Å²) in [5, 5.41) is 10.3. The number of rotatable bonds is 4. The lowest BCUT2D eigenvalue weighted by Crippen LogP contribution is -2.18. The lowest BCUT2D eigenvalue weighted by molar-refractivity contribution is 0.0597. The van der Waals surface area contributed by atoms with E-state index in [1.807, 2.05) is 0 Å². The predicted molar refractivity (Wildman–Crippen MR) is 84.8 cm³/mol. The Morgan fingerprint density at radius 1 is 1.41 bits per heavy atom. The van der Waals surface area contributed by atoms with Crippen molar-refractivity contribution >= 4 is 62.5 Å². The Hall–Kier alpha value is -1.32. The molecule has 0 aliphatic carbocycles. The zero-order valence-electron chi connectivity index (χ0n) is 10.9. The van der Waals surface area contributed by atoms with Crippen LogP contribution in [0.1, 0.15) is 10.4 Å². The van der Waals surface area contributed by atoms with Gasteiger partial charge in [0.15, 0.2) is 0 Å². The number of benzene rings is 1. The van der Waals surface area contributed by atoms with Crippen LogP contribution < -0.4 is 4.31 Å². The molecule has 10 heteroatoms. The molecule has 1 unspecified atom stereocenters. The Balaban J connectivity index is 2.48. The molecule has 0 radical (unpaired) electrons. The van der Waals surface area contributed by atoms with E-state index in [2.05, 4.69) is 4.74 Å². The number of phenols is 1. The van der Waals surface area contributed by atoms with Crippen LogP contribution in [-0.2, 0) is 16.0 Å². The average molecular weight is 381 g/mol. The van der Waals surface area contributed by atoms with Crippen LogP contribution in [-0.4, -0.2) is 26.9 Å². The fraction of sp³-hybridized carbons (Fsp3) is 0.0833. The van der Waals surface area contributed by atoms with Gasteiger partial charge in [-0.1, -0.05) is 23.2 Å². The minimum atomic E-state index is -2.68. The number of thiophene rings is 1. The number of ether oxygens (including phenoxy) is 1. The number of hydrogen-bond acceptors (Lipinski definition) is 6. The topological polar surface area (TPSA) is 89.9 Å². The molecule has 0 saturated carbocycles. The van der Waals surface area contributed by atoms with Crippen molar-refractivity contribution in [3.63, 3.8) is 0 Å². The number of halogens is 2. The molecule has 0 aliphatic heterocycles. The summed E-state index contributed by atoms with van der Waals surface area (Å²) in [6.45, 7) is 0. The number of anilines is 2. The molecule has 0 spiro atoms. The second-order valence-corrected chi connectivity index (χ2v) is 6.75. The first-order chi connectivity index (χ1) is 10.3. The van der Waals surface area contributed by atoms with Gasteiger partial charge < -0.3 is 14.4 Å². The summed E-state index contributed by atoms with van der Waals surface area (Å²) in [5.74, 6) is -1.14. The Morgan fingerprint density at radius 2 is 2.09 bits per heavy atom. The van der Waals surface area contributed by atoms with Crippen molar-refractivity contribution in [2.75, 3.05) is 11.4 Å². The summed E-state index contributed by atoms with van der Waals surface area (Å²) >= 11 is 9.93. The van der Waals surface area contributed by atoms with Crippen LogP contribution in [0.15, 0.2) is 24.3 Å². The number of methoxy groups -OCH3 is 1. The molecule has 0 aliphatic rings. The van der Waals surface area contributed by atoms with E-state index in [9.17, 15) is 18.7 Å². The molecule has 0 amide bonds. The molecule has 0 bridgehead atoms. The Bertz CT molecular complexity index is 730. The molecule has 1 heterocycles. The van der Waals surface area contributed by atoms with Crippen molar-refractivity contribution in [3.05, 3.63) is 39.2 Å². The first-order valence-electron chi connectivity index (χ1n) is 5.60. The Labute approximate surface area is 142 Å². The number of esters is 1. The number of nitrogens with zero attached hydrogens (tertiary/aromatic N) is 1. The van der Waals surface area contributed by atoms with Gasteiger partial charge >= 0.3 is 5.97 Å². The summed E-state index contributed by atoms with van der Waals surface area (Å²) in [6, 6.07) is 5.12. The molecule has 6 nitrogen and oxygen atoms in total. The zero-order chi connectivity index (χ0) is 16.4. The summed E-state index contributed by atoms with van der Waals surface area (Å²) in [7, 11) is 1.17. The molecule has 118 valence electrons. The maximum Gasteiger partial charge on any atom is 0.341 e. The third-order valence-electron chi connectivity index (χ3n) is 2.60. The van der Waals surface area contributed by atoms with E-state index in [0.717, 1.165) is 21.7 Å². The van der Waals surface area contributed by atoms with Gasteiger partial charge in [-0.05, 0) is 18.2 Å². The lowest BCUT2D eigenvalue weighted by Gasteiger charge is -2.25. The first kappa shape index (κ1) is 17.0. The summed E-state index contributed by atoms with van der Waals surface area (Å²) < 4.78 is 28.6. The fourth-order valence-electron chi connectivity index (χ4n) is 1.65. The normalized spacial score (nSPS) is 12.0. The van der Waals surface area contributed by atoms with E-state index in [1.54, 1.807) is 0 Å². The molecule has 1 aromatic heterocycles. The van der Waals surface area contributed by atoms with E-state index >= 15 is 0 Å². The van der Waals surface area contributed by atoms with E-state index in [-0.39, 0.29) is 25.6 Å². The van der Waals surface area contributed by atoms with Gasteiger partial charge in [0.05, 0.1) is 29.1 Å². The van der Waals surface area contributed by atoms with Crippen LogP contribution >= 0.6 is 34.5 Å². The van der Waals surface area contributed by atoms with Gasteiger partial charge in [0.2, 0.25) is 0 Å². The molecule has 0 fully saturated rings. The van der Waals surface area contributed by atoms with Crippen molar-refractivity contribution in [1.29, 1.82) is 0 Å². The average Bonchev–Trinajstić information content (AvgIpc) is 2.77. The molecular weight excluding hydrogens is 373 g/mol. The van der Waals surface area contributed by atoms with E-state index in [4.69, 9.17) is 23.2 Å².